The predicted octanol–water partition coefficient (Wildman–Crippen LogP) is 6.10. The Morgan fingerprint density at radius 1 is 0.844 bits per heavy atom. The number of aliphatic hydroxyl groups excluding tert-OH is 2. The molecule has 3 nitrogen and oxygen atoms in total. The molecule has 5 rings (SSSR count). The molecule has 0 saturated heterocycles. The van der Waals surface area contributed by atoms with Crippen LogP contribution in [0.3, 0.4) is 0 Å². The van der Waals surface area contributed by atoms with Crippen molar-refractivity contribution in [2.45, 2.75) is 70.5 Å². The second-order valence-corrected chi connectivity index (χ2v) is 9.24. The van der Waals surface area contributed by atoms with Crippen LogP contribution >= 0.6 is 0 Å². The average molecular weight is 609 g/mol. The van der Waals surface area contributed by atoms with Gasteiger partial charge in [0, 0.05) is 32.2 Å². The van der Waals surface area contributed by atoms with Gasteiger partial charge < -0.3 is 15.2 Å². The van der Waals surface area contributed by atoms with Gasteiger partial charge in [-0.05, 0) is 61.1 Å². The average Bonchev–Trinajstić information content (AvgIpc) is 3.09. The van der Waals surface area contributed by atoms with Crippen molar-refractivity contribution in [3.8, 4) is 11.3 Å². The number of nitrogens with zero attached hydrogens (tertiary/aromatic N) is 1. The molecule has 173 valence electrons. The SMILES string of the molecule is Cc1ccc2cc(-c3[c-]cccc3)ncc2c1.OC1CCCCC2CCCCC(O)C12.[Ir]. The predicted molar refractivity (Wildman–Crippen MR) is 127 cm³/mol. The first-order valence-corrected chi connectivity index (χ1v) is 11.8. The van der Waals surface area contributed by atoms with Gasteiger partial charge in [-0.25, -0.2) is 0 Å². The third-order valence-electron chi connectivity index (χ3n) is 6.94. The normalized spacial score (nSPS) is 25.3. The molecule has 2 atom stereocenters. The number of aryl methyl sites for hydroxylation is 1. The van der Waals surface area contributed by atoms with Crippen molar-refractivity contribution < 1.29 is 30.3 Å². The summed E-state index contributed by atoms with van der Waals surface area (Å²) in [6, 6.07) is 19.6. The van der Waals surface area contributed by atoms with Crippen molar-refractivity contribution >= 4 is 10.8 Å². The van der Waals surface area contributed by atoms with E-state index in [1.54, 1.807) is 0 Å². The Morgan fingerprint density at radius 3 is 2.19 bits per heavy atom. The van der Waals surface area contributed by atoms with Crippen molar-refractivity contribution in [3.05, 3.63) is 66.4 Å². The molecule has 2 aliphatic rings. The third-order valence-corrected chi connectivity index (χ3v) is 6.94. The Bertz CT molecular complexity index is 960. The van der Waals surface area contributed by atoms with Crippen LogP contribution in [0, 0.1) is 24.8 Å². The Hall–Kier alpha value is -1.58. The van der Waals surface area contributed by atoms with Crippen LogP contribution in [0.1, 0.15) is 56.9 Å². The van der Waals surface area contributed by atoms with Crippen molar-refractivity contribution in [3.63, 3.8) is 0 Å². The molecule has 2 saturated carbocycles. The summed E-state index contributed by atoms with van der Waals surface area (Å²) in [6.45, 7) is 2.10. The zero-order valence-corrected chi connectivity index (χ0v) is 21.2. The quantitative estimate of drug-likeness (QED) is 0.329. The molecular formula is C28H34IrNO2-. The molecule has 1 radical (unpaired) electrons. The molecule has 1 heterocycles. The molecular weight excluding hydrogens is 575 g/mol. The number of fused-ring (bicyclic) bond motifs is 2. The summed E-state index contributed by atoms with van der Waals surface area (Å²) in [5, 5.41) is 22.4. The first-order chi connectivity index (χ1) is 15.1. The number of aromatic nitrogens is 1. The summed E-state index contributed by atoms with van der Waals surface area (Å²) in [4.78, 5) is 4.49. The van der Waals surface area contributed by atoms with E-state index < -0.39 is 0 Å². The third kappa shape index (κ3) is 6.26. The van der Waals surface area contributed by atoms with Gasteiger partial charge in [0.25, 0.3) is 0 Å². The van der Waals surface area contributed by atoms with Gasteiger partial charge in [0.15, 0.2) is 0 Å². The van der Waals surface area contributed by atoms with Crippen LogP contribution in [-0.2, 0) is 20.1 Å². The number of hydrogen-bond acceptors (Lipinski definition) is 3. The molecule has 2 unspecified atom stereocenters. The second-order valence-electron chi connectivity index (χ2n) is 9.24. The zero-order chi connectivity index (χ0) is 21.6. The largest absolute Gasteiger partial charge is 0.393 e. The minimum absolute atomic E-state index is 0. The molecule has 0 spiro atoms. The standard InChI is InChI=1S/C16H12N.C12H22O2.Ir/c1-12-7-8-14-10-16(17-11-15(14)9-12)13-5-3-2-4-6-13;13-10-7-3-1-5-9-6-2-4-8-11(14)12(9)10;/h2-5,7-11H,1H3;9-14H,1-8H2;/q-1;;. The molecule has 2 aromatic carbocycles. The fourth-order valence-electron chi connectivity index (χ4n) is 5.28. The van der Waals surface area contributed by atoms with Crippen molar-refractivity contribution in [2.24, 2.45) is 11.8 Å². The molecule has 0 bridgehead atoms. The van der Waals surface area contributed by atoms with Crippen molar-refractivity contribution in [2.75, 3.05) is 0 Å². The Kier molecular flexibility index (Phi) is 9.43. The summed E-state index contributed by atoms with van der Waals surface area (Å²) in [6.07, 6.45) is 10.5. The Morgan fingerprint density at radius 2 is 1.53 bits per heavy atom. The molecule has 4 heteroatoms. The fourth-order valence-corrected chi connectivity index (χ4v) is 5.28. The minimum Gasteiger partial charge on any atom is -0.393 e. The zero-order valence-electron chi connectivity index (χ0n) is 18.8. The summed E-state index contributed by atoms with van der Waals surface area (Å²) < 4.78 is 0. The van der Waals surface area contributed by atoms with Gasteiger partial charge in [-0.1, -0.05) is 49.4 Å². The number of aliphatic hydroxyl groups is 2. The van der Waals surface area contributed by atoms with Gasteiger partial charge in [-0.2, -0.15) is 0 Å². The summed E-state index contributed by atoms with van der Waals surface area (Å²) >= 11 is 0. The number of hydrogen-bond donors (Lipinski definition) is 2. The van der Waals surface area contributed by atoms with Crippen molar-refractivity contribution in [1.82, 2.24) is 4.98 Å². The van der Waals surface area contributed by atoms with E-state index in [1.807, 2.05) is 30.5 Å². The van der Waals surface area contributed by atoms with Gasteiger partial charge in [0.2, 0.25) is 0 Å². The smallest absolute Gasteiger partial charge is 0.0595 e. The topological polar surface area (TPSA) is 53.4 Å². The number of pyridine rings is 1. The van der Waals surface area contributed by atoms with E-state index in [2.05, 4.69) is 42.2 Å². The van der Waals surface area contributed by atoms with E-state index in [-0.39, 0.29) is 38.2 Å². The van der Waals surface area contributed by atoms with E-state index in [1.165, 1.54) is 42.0 Å². The molecule has 2 aliphatic carbocycles. The molecule has 0 amide bonds. The van der Waals surface area contributed by atoms with E-state index >= 15 is 0 Å². The van der Waals surface area contributed by atoms with E-state index in [9.17, 15) is 10.2 Å². The first kappa shape index (κ1) is 25.0. The molecule has 1 aromatic heterocycles. The first-order valence-electron chi connectivity index (χ1n) is 11.8. The maximum Gasteiger partial charge on any atom is 0.0595 e. The van der Waals surface area contributed by atoms with E-state index in [0.29, 0.717) is 5.92 Å². The molecule has 0 aliphatic heterocycles. The fraction of sp³-hybridized carbons (Fsp3) is 0.464. The van der Waals surface area contributed by atoms with Crippen LogP contribution in [0.5, 0.6) is 0 Å². The van der Waals surface area contributed by atoms with Crippen LogP contribution in [-0.4, -0.2) is 27.4 Å². The monoisotopic (exact) mass is 609 g/mol. The molecule has 2 N–H and O–H groups in total. The molecule has 2 fully saturated rings. The van der Waals surface area contributed by atoms with Gasteiger partial charge in [-0.3, -0.25) is 0 Å². The summed E-state index contributed by atoms with van der Waals surface area (Å²) in [5.74, 6) is 0.769. The Labute approximate surface area is 205 Å². The second kappa shape index (κ2) is 12.0. The Balaban J connectivity index is 0.000000178. The van der Waals surface area contributed by atoms with Crippen LogP contribution in [0.25, 0.3) is 22.0 Å². The van der Waals surface area contributed by atoms with Crippen molar-refractivity contribution in [1.29, 1.82) is 0 Å². The van der Waals surface area contributed by atoms with Crippen LogP contribution in [0.15, 0.2) is 54.7 Å². The van der Waals surface area contributed by atoms with Crippen LogP contribution in [0.2, 0.25) is 0 Å². The number of benzene rings is 2. The van der Waals surface area contributed by atoms with Crippen LogP contribution in [0.4, 0.5) is 0 Å². The van der Waals surface area contributed by atoms with E-state index in [0.717, 1.165) is 36.9 Å². The maximum absolute atomic E-state index is 10.0. The van der Waals surface area contributed by atoms with Gasteiger partial charge in [0.1, 0.15) is 0 Å². The maximum atomic E-state index is 10.0. The summed E-state index contributed by atoms with van der Waals surface area (Å²) in [5.41, 5.74) is 3.27. The van der Waals surface area contributed by atoms with E-state index in [4.69, 9.17) is 0 Å². The minimum atomic E-state index is -0.240. The number of rotatable bonds is 1. The van der Waals surface area contributed by atoms with Gasteiger partial charge >= 0.3 is 0 Å². The molecule has 3 aromatic rings. The van der Waals surface area contributed by atoms with Gasteiger partial charge in [-0.15, -0.1) is 35.9 Å². The summed E-state index contributed by atoms with van der Waals surface area (Å²) in [7, 11) is 0. The molecule has 32 heavy (non-hydrogen) atoms. The van der Waals surface area contributed by atoms with Gasteiger partial charge in [0.05, 0.1) is 12.2 Å². The van der Waals surface area contributed by atoms with Crippen LogP contribution < -0.4 is 0 Å².